The van der Waals surface area contributed by atoms with Gasteiger partial charge in [0.2, 0.25) is 0 Å². The van der Waals surface area contributed by atoms with Gasteiger partial charge in [-0.15, -0.1) is 0 Å². The zero-order chi connectivity index (χ0) is 25.4. The number of rotatable bonds is 4. The summed E-state index contributed by atoms with van der Waals surface area (Å²) in [5.41, 5.74) is 16.0. The molecule has 2 heterocycles. The summed E-state index contributed by atoms with van der Waals surface area (Å²) in [5, 5.41) is 13.8. The molecule has 0 atom stereocenters. The first kappa shape index (κ1) is 25.5. The highest BCUT2D eigenvalue weighted by molar-refractivity contribution is 6.31. The predicted octanol–water partition coefficient (Wildman–Crippen LogP) is 7.39. The normalized spacial score (nSPS) is 14.9. The second kappa shape index (κ2) is 9.81. The van der Waals surface area contributed by atoms with Crippen molar-refractivity contribution in [2.24, 2.45) is 0 Å². The summed E-state index contributed by atoms with van der Waals surface area (Å²) in [6.07, 6.45) is 4.81. The average Bonchev–Trinajstić information content (AvgIpc) is 2.81. The molecule has 1 aliphatic rings. The van der Waals surface area contributed by atoms with E-state index in [1.807, 2.05) is 56.3 Å². The number of pyridine rings is 2. The molecule has 5 nitrogen and oxygen atoms in total. The van der Waals surface area contributed by atoms with Crippen molar-refractivity contribution in [2.75, 3.05) is 11.5 Å². The number of hydrogen-bond acceptors (Lipinski definition) is 5. The van der Waals surface area contributed by atoms with Crippen LogP contribution in [0.3, 0.4) is 0 Å². The van der Waals surface area contributed by atoms with Gasteiger partial charge in [0.1, 0.15) is 5.60 Å². The van der Waals surface area contributed by atoms with E-state index in [0.29, 0.717) is 29.2 Å². The molecule has 4 aromatic rings. The Labute approximate surface area is 216 Å². The molecule has 0 spiro atoms. The Morgan fingerprint density at radius 1 is 0.857 bits per heavy atom. The van der Waals surface area contributed by atoms with Gasteiger partial charge in [0.15, 0.2) is 0 Å². The van der Waals surface area contributed by atoms with Crippen molar-refractivity contribution in [3.8, 4) is 0 Å². The van der Waals surface area contributed by atoms with Gasteiger partial charge >= 0.3 is 0 Å². The fourth-order valence-electron chi connectivity index (χ4n) is 4.71. The minimum absolute atomic E-state index is 0.178. The molecule has 5 N–H and O–H groups in total. The van der Waals surface area contributed by atoms with Crippen molar-refractivity contribution < 1.29 is 5.11 Å². The van der Waals surface area contributed by atoms with Gasteiger partial charge in [-0.1, -0.05) is 50.4 Å². The minimum Gasteiger partial charge on any atom is -0.397 e. The van der Waals surface area contributed by atoms with Crippen LogP contribution in [0.2, 0.25) is 10.0 Å². The summed E-state index contributed by atoms with van der Waals surface area (Å²) in [4.78, 5) is 9.22. The fourth-order valence-corrected chi connectivity index (χ4v) is 5.07. The average molecular weight is 511 g/mol. The van der Waals surface area contributed by atoms with Crippen molar-refractivity contribution in [1.82, 2.24) is 9.97 Å². The first-order chi connectivity index (χ1) is 16.6. The number of halogens is 2. The molecule has 184 valence electrons. The molecule has 1 fully saturated rings. The number of benzene rings is 2. The molecule has 1 saturated carbocycles. The molecule has 0 bridgehead atoms. The first-order valence-corrected chi connectivity index (χ1v) is 12.8. The van der Waals surface area contributed by atoms with E-state index in [1.165, 1.54) is 19.3 Å². The summed E-state index contributed by atoms with van der Waals surface area (Å²) < 4.78 is 0. The molecule has 0 radical (unpaired) electrons. The summed E-state index contributed by atoms with van der Waals surface area (Å²) in [6.45, 7) is 6.10. The molecular weight excluding hydrogens is 479 g/mol. The Hall–Kier alpha value is -2.60. The molecule has 7 heteroatoms. The quantitative estimate of drug-likeness (QED) is 0.265. The number of fused-ring (bicyclic) bond motifs is 2. The summed E-state index contributed by atoms with van der Waals surface area (Å²) in [6, 6.07) is 15.0. The molecular formula is C28H32Cl2N4O. The van der Waals surface area contributed by atoms with Gasteiger partial charge in [0.05, 0.1) is 33.8 Å². The summed E-state index contributed by atoms with van der Waals surface area (Å²) in [7, 11) is 0. The minimum atomic E-state index is -0.960. The molecule has 5 rings (SSSR count). The van der Waals surface area contributed by atoms with E-state index in [4.69, 9.17) is 39.7 Å². The summed E-state index contributed by atoms with van der Waals surface area (Å²) >= 11 is 11.9. The lowest BCUT2D eigenvalue weighted by Gasteiger charge is -2.38. The second-order valence-corrected chi connectivity index (χ2v) is 10.6. The highest BCUT2D eigenvalue weighted by Gasteiger charge is 2.36. The number of aliphatic hydroxyl groups is 1. The number of nitrogens with two attached hydrogens (primary N) is 2. The standard InChI is InChI=1S/C14H17ClN2O.C14H15ClN2/c1-3-14(18,4-2)13-11(16)8-9-7-10(15)5-6-12(9)17-13;1-14(5-2-6-14)13-11(16)8-9-7-10(15)3-4-12(9)17-13/h5-8,18H,3-4,16H2,1-2H3;3-4,7-8H,2,5-6,16H2,1H3. The van der Waals surface area contributed by atoms with Crippen LogP contribution in [0, 0.1) is 0 Å². The van der Waals surface area contributed by atoms with E-state index >= 15 is 0 Å². The zero-order valence-corrected chi connectivity index (χ0v) is 21.9. The number of nitrogen functional groups attached to an aromatic ring is 2. The van der Waals surface area contributed by atoms with E-state index in [2.05, 4.69) is 11.9 Å². The topological polar surface area (TPSA) is 98.0 Å². The number of aromatic nitrogens is 2. The maximum Gasteiger partial charge on any atom is 0.108 e. The molecule has 1 aliphatic carbocycles. The predicted molar refractivity (Wildman–Crippen MR) is 148 cm³/mol. The number of hydrogen-bond donors (Lipinski definition) is 3. The first-order valence-electron chi connectivity index (χ1n) is 12.0. The SMILES string of the molecule is CC1(c2nc3ccc(Cl)cc3cc2N)CCC1.CCC(O)(CC)c1nc2ccc(Cl)cc2cc1N. The Kier molecular flexibility index (Phi) is 7.14. The Morgan fingerprint density at radius 2 is 1.37 bits per heavy atom. The monoisotopic (exact) mass is 510 g/mol. The molecule has 0 amide bonds. The van der Waals surface area contributed by atoms with Crippen LogP contribution < -0.4 is 11.5 Å². The molecule has 0 unspecified atom stereocenters. The lowest BCUT2D eigenvalue weighted by molar-refractivity contribution is 0.0251. The van der Waals surface area contributed by atoms with Gasteiger partial charge in [0.25, 0.3) is 0 Å². The third-order valence-corrected chi connectivity index (χ3v) is 7.72. The second-order valence-electron chi connectivity index (χ2n) is 9.68. The molecule has 0 saturated heterocycles. The Morgan fingerprint density at radius 3 is 1.86 bits per heavy atom. The van der Waals surface area contributed by atoms with Crippen LogP contribution >= 0.6 is 23.2 Å². The van der Waals surface area contributed by atoms with Crippen LogP contribution in [0.25, 0.3) is 21.8 Å². The maximum absolute atomic E-state index is 10.5. The van der Waals surface area contributed by atoms with E-state index in [0.717, 1.165) is 38.2 Å². The van der Waals surface area contributed by atoms with E-state index in [9.17, 15) is 5.11 Å². The van der Waals surface area contributed by atoms with Crippen LogP contribution in [-0.4, -0.2) is 15.1 Å². The van der Waals surface area contributed by atoms with Crippen molar-refractivity contribution >= 4 is 56.4 Å². The van der Waals surface area contributed by atoms with Crippen molar-refractivity contribution in [3.63, 3.8) is 0 Å². The van der Waals surface area contributed by atoms with Crippen molar-refractivity contribution in [2.45, 2.75) is 63.9 Å². The van der Waals surface area contributed by atoms with Gasteiger partial charge in [-0.25, -0.2) is 4.98 Å². The van der Waals surface area contributed by atoms with Crippen LogP contribution in [0.1, 0.15) is 64.3 Å². The molecule has 2 aromatic heterocycles. The van der Waals surface area contributed by atoms with Crippen molar-refractivity contribution in [3.05, 3.63) is 70.0 Å². The maximum atomic E-state index is 10.5. The highest BCUT2D eigenvalue weighted by atomic mass is 35.5. The van der Waals surface area contributed by atoms with Crippen LogP contribution in [-0.2, 0) is 11.0 Å². The lowest BCUT2D eigenvalue weighted by Crippen LogP contribution is -2.32. The van der Waals surface area contributed by atoms with E-state index < -0.39 is 5.60 Å². The largest absolute Gasteiger partial charge is 0.397 e. The molecule has 35 heavy (non-hydrogen) atoms. The van der Waals surface area contributed by atoms with Crippen LogP contribution in [0.4, 0.5) is 11.4 Å². The van der Waals surface area contributed by atoms with Crippen LogP contribution in [0.5, 0.6) is 0 Å². The lowest BCUT2D eigenvalue weighted by atomic mass is 9.67. The van der Waals surface area contributed by atoms with Gasteiger partial charge in [-0.2, -0.15) is 0 Å². The van der Waals surface area contributed by atoms with Crippen molar-refractivity contribution in [1.29, 1.82) is 0 Å². The van der Waals surface area contributed by atoms with Gasteiger partial charge < -0.3 is 16.6 Å². The third-order valence-electron chi connectivity index (χ3n) is 7.25. The zero-order valence-electron chi connectivity index (χ0n) is 20.4. The Balaban J connectivity index is 0.000000165. The number of nitrogens with zero attached hydrogens (tertiary/aromatic N) is 2. The van der Waals surface area contributed by atoms with E-state index in [-0.39, 0.29) is 5.41 Å². The highest BCUT2D eigenvalue weighted by Crippen LogP contribution is 2.45. The van der Waals surface area contributed by atoms with Gasteiger partial charge in [0, 0.05) is 26.2 Å². The van der Waals surface area contributed by atoms with Gasteiger partial charge in [-0.3, -0.25) is 4.98 Å². The van der Waals surface area contributed by atoms with Gasteiger partial charge in [-0.05, 0) is 74.2 Å². The fraction of sp³-hybridized carbons (Fsp3) is 0.357. The van der Waals surface area contributed by atoms with Crippen LogP contribution in [0.15, 0.2) is 48.5 Å². The molecule has 0 aliphatic heterocycles. The number of anilines is 2. The third kappa shape index (κ3) is 5.04. The Bertz CT molecular complexity index is 1380. The molecule has 2 aromatic carbocycles. The smallest absolute Gasteiger partial charge is 0.108 e. The van der Waals surface area contributed by atoms with E-state index in [1.54, 1.807) is 6.07 Å². The summed E-state index contributed by atoms with van der Waals surface area (Å²) in [5.74, 6) is 0.